The Labute approximate surface area is 112 Å². The number of aromatic nitrogens is 1. The van der Waals surface area contributed by atoms with E-state index in [1.54, 1.807) is 0 Å². The summed E-state index contributed by atoms with van der Waals surface area (Å²) in [7, 11) is 0. The molecule has 1 aromatic rings. The smallest absolute Gasteiger partial charge is 0.224 e. The summed E-state index contributed by atoms with van der Waals surface area (Å²) >= 11 is 0. The molecule has 1 saturated carbocycles. The van der Waals surface area contributed by atoms with E-state index >= 15 is 0 Å². The van der Waals surface area contributed by atoms with E-state index in [9.17, 15) is 0 Å². The number of hydrogen-bond donors (Lipinski definition) is 2. The summed E-state index contributed by atoms with van der Waals surface area (Å²) in [4.78, 5) is 4.59. The number of aryl methyl sites for hydroxylation is 2. The molecule has 3 rings (SSSR count). The number of pyridine rings is 1. The van der Waals surface area contributed by atoms with E-state index in [1.165, 1.54) is 31.2 Å². The molecule has 0 aliphatic heterocycles. The van der Waals surface area contributed by atoms with E-state index in [2.05, 4.69) is 10.1 Å². The van der Waals surface area contributed by atoms with Crippen molar-refractivity contribution in [1.29, 1.82) is 0 Å². The third-order valence-corrected chi connectivity index (χ3v) is 3.80. The highest BCUT2D eigenvalue weighted by Crippen LogP contribution is 2.31. The zero-order chi connectivity index (χ0) is 13.2. The minimum atomic E-state index is 0.0756. The molecular formula is C14H19N3O2. The lowest BCUT2D eigenvalue weighted by molar-refractivity contribution is 0.285. The first-order valence-electron chi connectivity index (χ1n) is 6.91. The third-order valence-electron chi connectivity index (χ3n) is 3.80. The summed E-state index contributed by atoms with van der Waals surface area (Å²) in [5, 5.41) is 12.0. The standard InChI is InChI=1S/C14H19N3O2/c15-13(17-18)11-7-10-3-1-2-4-12(10)16-14(11)19-8-9-5-6-9/h7,9,18H,1-6,8H2,(H2,15,17). The van der Waals surface area contributed by atoms with Crippen LogP contribution in [0.5, 0.6) is 5.88 Å². The Morgan fingerprint density at radius 1 is 1.42 bits per heavy atom. The number of amidine groups is 1. The topological polar surface area (TPSA) is 80.7 Å². The quantitative estimate of drug-likeness (QED) is 0.375. The average molecular weight is 261 g/mol. The van der Waals surface area contributed by atoms with Crippen LogP contribution in [0.2, 0.25) is 0 Å². The Morgan fingerprint density at radius 3 is 2.95 bits per heavy atom. The van der Waals surface area contributed by atoms with Gasteiger partial charge in [-0.2, -0.15) is 0 Å². The molecule has 0 aromatic carbocycles. The first kappa shape index (κ1) is 12.3. The van der Waals surface area contributed by atoms with Crippen LogP contribution in [-0.4, -0.2) is 22.6 Å². The van der Waals surface area contributed by atoms with Crippen molar-refractivity contribution in [3.63, 3.8) is 0 Å². The molecule has 0 bridgehead atoms. The Balaban J connectivity index is 1.92. The molecule has 5 nitrogen and oxygen atoms in total. The maximum atomic E-state index is 8.89. The molecule has 2 aliphatic carbocycles. The average Bonchev–Trinajstić information content (AvgIpc) is 3.27. The number of nitrogens with zero attached hydrogens (tertiary/aromatic N) is 2. The molecule has 3 N–H and O–H groups in total. The molecule has 2 aliphatic rings. The molecule has 0 saturated heterocycles. The number of oxime groups is 1. The van der Waals surface area contributed by atoms with Gasteiger partial charge in [0, 0.05) is 5.69 Å². The fourth-order valence-electron chi connectivity index (χ4n) is 2.44. The predicted octanol–water partition coefficient (Wildman–Crippen LogP) is 1.84. The number of nitrogens with two attached hydrogens (primary N) is 1. The Morgan fingerprint density at radius 2 is 2.21 bits per heavy atom. The SMILES string of the molecule is NC(=NO)c1cc2c(nc1OCC1CC1)CCCC2. The van der Waals surface area contributed by atoms with Gasteiger partial charge in [0.15, 0.2) is 5.84 Å². The third kappa shape index (κ3) is 2.64. The molecular weight excluding hydrogens is 242 g/mol. The van der Waals surface area contributed by atoms with E-state index in [0.717, 1.165) is 18.5 Å². The van der Waals surface area contributed by atoms with Crippen molar-refractivity contribution >= 4 is 5.84 Å². The van der Waals surface area contributed by atoms with Crippen LogP contribution in [0.1, 0.15) is 42.5 Å². The summed E-state index contributed by atoms with van der Waals surface area (Å²) in [6.07, 6.45) is 6.80. The van der Waals surface area contributed by atoms with Crippen LogP contribution >= 0.6 is 0 Å². The molecule has 0 atom stereocenters. The predicted molar refractivity (Wildman–Crippen MR) is 71.6 cm³/mol. The second kappa shape index (κ2) is 5.07. The van der Waals surface area contributed by atoms with Crippen LogP contribution in [0.15, 0.2) is 11.2 Å². The van der Waals surface area contributed by atoms with Crippen molar-refractivity contribution in [2.75, 3.05) is 6.61 Å². The fraction of sp³-hybridized carbons (Fsp3) is 0.571. The van der Waals surface area contributed by atoms with E-state index < -0.39 is 0 Å². The normalized spacial score (nSPS) is 19.1. The van der Waals surface area contributed by atoms with Gasteiger partial charge in [-0.25, -0.2) is 4.98 Å². The molecule has 5 heteroatoms. The summed E-state index contributed by atoms with van der Waals surface area (Å²) in [5.41, 5.74) is 8.65. The highest BCUT2D eigenvalue weighted by molar-refractivity contribution is 5.99. The minimum Gasteiger partial charge on any atom is -0.477 e. The summed E-state index contributed by atoms with van der Waals surface area (Å²) in [5.74, 6) is 1.24. The maximum Gasteiger partial charge on any atom is 0.224 e. The lowest BCUT2D eigenvalue weighted by Crippen LogP contribution is -2.19. The van der Waals surface area contributed by atoms with Gasteiger partial charge >= 0.3 is 0 Å². The van der Waals surface area contributed by atoms with Gasteiger partial charge in [-0.1, -0.05) is 5.16 Å². The molecule has 1 aromatic heterocycles. The van der Waals surface area contributed by atoms with Crippen LogP contribution < -0.4 is 10.5 Å². The second-order valence-corrected chi connectivity index (χ2v) is 5.39. The summed E-state index contributed by atoms with van der Waals surface area (Å²) in [6.45, 7) is 0.678. The molecule has 0 unspecified atom stereocenters. The monoisotopic (exact) mass is 261 g/mol. The van der Waals surface area contributed by atoms with Gasteiger partial charge in [-0.05, 0) is 56.1 Å². The first-order valence-corrected chi connectivity index (χ1v) is 6.91. The largest absolute Gasteiger partial charge is 0.477 e. The Kier molecular flexibility index (Phi) is 3.27. The van der Waals surface area contributed by atoms with Gasteiger partial charge < -0.3 is 15.7 Å². The van der Waals surface area contributed by atoms with Crippen LogP contribution in [-0.2, 0) is 12.8 Å². The lowest BCUT2D eigenvalue weighted by Gasteiger charge is -2.18. The zero-order valence-electron chi connectivity index (χ0n) is 10.9. The molecule has 19 heavy (non-hydrogen) atoms. The molecule has 0 amide bonds. The highest BCUT2D eigenvalue weighted by atomic mass is 16.5. The molecule has 102 valence electrons. The number of ether oxygens (including phenoxy) is 1. The van der Waals surface area contributed by atoms with Crippen LogP contribution in [0.25, 0.3) is 0 Å². The maximum absolute atomic E-state index is 8.89. The lowest BCUT2D eigenvalue weighted by atomic mass is 9.95. The van der Waals surface area contributed by atoms with Crippen LogP contribution in [0, 0.1) is 5.92 Å². The van der Waals surface area contributed by atoms with Gasteiger partial charge in [-0.15, -0.1) is 0 Å². The summed E-state index contributed by atoms with van der Waals surface area (Å²) < 4.78 is 5.77. The molecule has 1 fully saturated rings. The minimum absolute atomic E-state index is 0.0756. The van der Waals surface area contributed by atoms with Crippen molar-refractivity contribution in [2.24, 2.45) is 16.8 Å². The number of rotatable bonds is 4. The van der Waals surface area contributed by atoms with Crippen LogP contribution in [0.3, 0.4) is 0 Å². The summed E-state index contributed by atoms with van der Waals surface area (Å²) in [6, 6.07) is 1.97. The van der Waals surface area contributed by atoms with Crippen LogP contribution in [0.4, 0.5) is 0 Å². The van der Waals surface area contributed by atoms with Gasteiger partial charge in [0.25, 0.3) is 0 Å². The van der Waals surface area contributed by atoms with Crippen molar-refractivity contribution in [1.82, 2.24) is 4.98 Å². The van der Waals surface area contributed by atoms with Gasteiger partial charge in [-0.3, -0.25) is 0 Å². The first-order chi connectivity index (χ1) is 9.28. The Bertz CT molecular complexity index is 510. The van der Waals surface area contributed by atoms with Gasteiger partial charge in [0.1, 0.15) is 0 Å². The van der Waals surface area contributed by atoms with E-state index in [1.807, 2.05) is 6.07 Å². The number of hydrogen-bond acceptors (Lipinski definition) is 4. The number of fused-ring (bicyclic) bond motifs is 1. The van der Waals surface area contributed by atoms with Crippen molar-refractivity contribution in [2.45, 2.75) is 38.5 Å². The molecule has 1 heterocycles. The van der Waals surface area contributed by atoms with Gasteiger partial charge in [0.05, 0.1) is 12.2 Å². The second-order valence-electron chi connectivity index (χ2n) is 5.39. The molecule has 0 radical (unpaired) electrons. The van der Waals surface area contributed by atoms with E-state index in [-0.39, 0.29) is 5.84 Å². The van der Waals surface area contributed by atoms with Crippen molar-refractivity contribution in [3.05, 3.63) is 22.9 Å². The Hall–Kier alpha value is -1.78. The van der Waals surface area contributed by atoms with Gasteiger partial charge in [0.2, 0.25) is 5.88 Å². The van der Waals surface area contributed by atoms with E-state index in [0.29, 0.717) is 24.0 Å². The van der Waals surface area contributed by atoms with Crippen molar-refractivity contribution < 1.29 is 9.94 Å². The van der Waals surface area contributed by atoms with Crippen molar-refractivity contribution in [3.8, 4) is 5.88 Å². The zero-order valence-corrected chi connectivity index (χ0v) is 10.9. The fourth-order valence-corrected chi connectivity index (χ4v) is 2.44. The van der Waals surface area contributed by atoms with E-state index in [4.69, 9.17) is 15.7 Å². The highest BCUT2D eigenvalue weighted by Gasteiger charge is 2.24. The molecule has 0 spiro atoms.